The summed E-state index contributed by atoms with van der Waals surface area (Å²) in [6.07, 6.45) is 6.32. The van der Waals surface area contributed by atoms with Crippen molar-refractivity contribution < 1.29 is 4.74 Å². The molecule has 1 nitrogen and oxygen atoms in total. The molecule has 0 radical (unpaired) electrons. The molecule has 1 aliphatic heterocycles. The molecule has 1 aliphatic rings. The zero-order valence-corrected chi connectivity index (χ0v) is 6.94. The van der Waals surface area contributed by atoms with E-state index in [4.69, 9.17) is 4.74 Å². The van der Waals surface area contributed by atoms with Gasteiger partial charge in [0.15, 0.2) is 0 Å². The van der Waals surface area contributed by atoms with Crippen LogP contribution in [0.2, 0.25) is 0 Å². The van der Waals surface area contributed by atoms with Crippen LogP contribution >= 0.6 is 0 Å². The summed E-state index contributed by atoms with van der Waals surface area (Å²) in [7, 11) is 0. The van der Waals surface area contributed by atoms with Crippen molar-refractivity contribution in [1.29, 1.82) is 0 Å². The molecule has 0 saturated carbocycles. The summed E-state index contributed by atoms with van der Waals surface area (Å²) in [5, 5.41) is 0. The highest BCUT2D eigenvalue weighted by Crippen LogP contribution is 2.14. The van der Waals surface area contributed by atoms with Gasteiger partial charge in [0.1, 0.15) is 6.10 Å². The van der Waals surface area contributed by atoms with Crippen molar-refractivity contribution in [3.63, 3.8) is 0 Å². The third-order valence-electron chi connectivity index (χ3n) is 2.07. The minimum absolute atomic E-state index is 0.368. The van der Waals surface area contributed by atoms with Gasteiger partial charge in [-0.1, -0.05) is 30.3 Å². The summed E-state index contributed by atoms with van der Waals surface area (Å²) in [4.78, 5) is 0. The predicted molar refractivity (Wildman–Crippen MR) is 48.8 cm³/mol. The molecule has 0 spiro atoms. The first-order valence-electron chi connectivity index (χ1n) is 4.29. The van der Waals surface area contributed by atoms with E-state index < -0.39 is 0 Å². The van der Waals surface area contributed by atoms with Crippen LogP contribution in [0, 0.1) is 0 Å². The molecule has 0 fully saturated rings. The van der Waals surface area contributed by atoms with Gasteiger partial charge in [0.05, 0.1) is 6.26 Å². The van der Waals surface area contributed by atoms with Crippen LogP contribution in [0.3, 0.4) is 0 Å². The zero-order chi connectivity index (χ0) is 8.23. The van der Waals surface area contributed by atoms with Gasteiger partial charge in [-0.25, -0.2) is 0 Å². The lowest BCUT2D eigenvalue weighted by molar-refractivity contribution is 0.171. The maximum atomic E-state index is 5.38. The van der Waals surface area contributed by atoms with Crippen molar-refractivity contribution >= 4 is 0 Å². The van der Waals surface area contributed by atoms with Gasteiger partial charge in [0, 0.05) is 12.8 Å². The highest BCUT2D eigenvalue weighted by Gasteiger charge is 2.10. The Bertz CT molecular complexity index is 256. The molecule has 0 saturated heterocycles. The second kappa shape index (κ2) is 3.44. The molecule has 0 amide bonds. The summed E-state index contributed by atoms with van der Waals surface area (Å²) in [5.74, 6) is 0. The summed E-state index contributed by atoms with van der Waals surface area (Å²) >= 11 is 0. The SMILES string of the molecule is C1=CO[C@@H](Cc2ccccc2)C1. The average molecular weight is 160 g/mol. The van der Waals surface area contributed by atoms with Gasteiger partial charge in [-0.2, -0.15) is 0 Å². The third-order valence-corrected chi connectivity index (χ3v) is 2.07. The maximum absolute atomic E-state index is 5.38. The Labute approximate surface area is 72.7 Å². The van der Waals surface area contributed by atoms with E-state index in [0.717, 1.165) is 12.8 Å². The second-order valence-electron chi connectivity index (χ2n) is 3.06. The Kier molecular flexibility index (Phi) is 2.12. The number of rotatable bonds is 2. The van der Waals surface area contributed by atoms with Crippen molar-refractivity contribution in [3.8, 4) is 0 Å². The lowest BCUT2D eigenvalue weighted by atomic mass is 10.1. The van der Waals surface area contributed by atoms with Crippen LogP contribution in [-0.4, -0.2) is 6.10 Å². The van der Waals surface area contributed by atoms with Crippen LogP contribution in [0.4, 0.5) is 0 Å². The van der Waals surface area contributed by atoms with Crippen molar-refractivity contribution in [2.75, 3.05) is 0 Å². The van der Waals surface area contributed by atoms with E-state index in [1.165, 1.54) is 5.56 Å². The summed E-state index contributed by atoms with van der Waals surface area (Å²) in [5.41, 5.74) is 1.35. The largest absolute Gasteiger partial charge is 0.498 e. The van der Waals surface area contributed by atoms with Crippen LogP contribution < -0.4 is 0 Å². The molecule has 1 heterocycles. The molecule has 1 aromatic carbocycles. The topological polar surface area (TPSA) is 9.23 Å². The van der Waals surface area contributed by atoms with Crippen LogP contribution in [0.25, 0.3) is 0 Å². The number of benzene rings is 1. The second-order valence-corrected chi connectivity index (χ2v) is 3.06. The Morgan fingerprint density at radius 2 is 2.08 bits per heavy atom. The van der Waals surface area contributed by atoms with E-state index in [2.05, 4.69) is 30.3 Å². The average Bonchev–Trinajstić information content (AvgIpc) is 2.59. The molecule has 0 bridgehead atoms. The molecular formula is C11H12O. The molecule has 2 rings (SSSR count). The normalized spacial score (nSPS) is 20.8. The van der Waals surface area contributed by atoms with Crippen LogP contribution in [0.15, 0.2) is 42.7 Å². The molecule has 0 unspecified atom stereocenters. The first kappa shape index (κ1) is 7.41. The van der Waals surface area contributed by atoms with Crippen molar-refractivity contribution in [1.82, 2.24) is 0 Å². The van der Waals surface area contributed by atoms with E-state index in [9.17, 15) is 0 Å². The Hall–Kier alpha value is -1.24. The van der Waals surface area contributed by atoms with Crippen molar-refractivity contribution in [3.05, 3.63) is 48.2 Å². The van der Waals surface area contributed by atoms with E-state index in [-0.39, 0.29) is 0 Å². The van der Waals surface area contributed by atoms with E-state index in [0.29, 0.717) is 6.10 Å². The third kappa shape index (κ3) is 1.67. The molecule has 1 heteroatoms. The molecular weight excluding hydrogens is 148 g/mol. The van der Waals surface area contributed by atoms with Gasteiger partial charge >= 0.3 is 0 Å². The minimum Gasteiger partial charge on any atom is -0.498 e. The Morgan fingerprint density at radius 1 is 1.25 bits per heavy atom. The quantitative estimate of drug-likeness (QED) is 0.646. The number of hydrogen-bond donors (Lipinski definition) is 0. The van der Waals surface area contributed by atoms with Crippen LogP contribution in [-0.2, 0) is 11.2 Å². The molecule has 12 heavy (non-hydrogen) atoms. The Morgan fingerprint density at radius 3 is 2.75 bits per heavy atom. The van der Waals surface area contributed by atoms with Crippen molar-refractivity contribution in [2.24, 2.45) is 0 Å². The highest BCUT2D eigenvalue weighted by atomic mass is 16.5. The standard InChI is InChI=1S/C11H12O/c1-2-5-10(6-3-1)9-11-7-4-8-12-11/h1-6,8,11H,7,9H2/t11-/m1/s1. The fourth-order valence-electron chi connectivity index (χ4n) is 1.44. The molecule has 0 aromatic heterocycles. The first-order valence-corrected chi connectivity index (χ1v) is 4.29. The fourth-order valence-corrected chi connectivity index (χ4v) is 1.44. The smallest absolute Gasteiger partial charge is 0.105 e. The fraction of sp³-hybridized carbons (Fsp3) is 0.273. The molecule has 0 aliphatic carbocycles. The monoisotopic (exact) mass is 160 g/mol. The van der Waals surface area contributed by atoms with E-state index >= 15 is 0 Å². The van der Waals surface area contributed by atoms with Gasteiger partial charge in [0.25, 0.3) is 0 Å². The number of ether oxygens (including phenoxy) is 1. The molecule has 1 atom stereocenters. The Balaban J connectivity index is 1.95. The predicted octanol–water partition coefficient (Wildman–Crippen LogP) is 2.53. The first-order chi connectivity index (χ1) is 5.95. The van der Waals surface area contributed by atoms with E-state index in [1.807, 2.05) is 6.07 Å². The molecule has 0 N–H and O–H groups in total. The van der Waals surface area contributed by atoms with Gasteiger partial charge in [-0.05, 0) is 11.6 Å². The van der Waals surface area contributed by atoms with Gasteiger partial charge in [0.2, 0.25) is 0 Å². The van der Waals surface area contributed by atoms with Gasteiger partial charge in [-0.15, -0.1) is 0 Å². The molecule has 1 aromatic rings. The highest BCUT2D eigenvalue weighted by molar-refractivity contribution is 5.16. The van der Waals surface area contributed by atoms with Crippen molar-refractivity contribution in [2.45, 2.75) is 18.9 Å². The molecule has 62 valence electrons. The number of hydrogen-bond acceptors (Lipinski definition) is 1. The van der Waals surface area contributed by atoms with Gasteiger partial charge < -0.3 is 4.74 Å². The maximum Gasteiger partial charge on any atom is 0.105 e. The van der Waals surface area contributed by atoms with E-state index in [1.54, 1.807) is 6.26 Å². The van der Waals surface area contributed by atoms with Crippen LogP contribution in [0.1, 0.15) is 12.0 Å². The van der Waals surface area contributed by atoms with Crippen LogP contribution in [0.5, 0.6) is 0 Å². The lowest BCUT2D eigenvalue weighted by Crippen LogP contribution is -2.08. The summed E-state index contributed by atoms with van der Waals surface area (Å²) in [6.45, 7) is 0. The minimum atomic E-state index is 0.368. The van der Waals surface area contributed by atoms with Gasteiger partial charge in [-0.3, -0.25) is 0 Å². The zero-order valence-electron chi connectivity index (χ0n) is 6.94. The summed E-state index contributed by atoms with van der Waals surface area (Å²) < 4.78 is 5.38. The lowest BCUT2D eigenvalue weighted by Gasteiger charge is -2.09. The summed E-state index contributed by atoms with van der Waals surface area (Å²) in [6, 6.07) is 10.5.